The Morgan fingerprint density at radius 1 is 1.19 bits per heavy atom. The highest BCUT2D eigenvalue weighted by Crippen LogP contribution is 2.26. The predicted octanol–water partition coefficient (Wildman–Crippen LogP) is 2.87. The van der Waals surface area contributed by atoms with Crippen LogP contribution in [-0.2, 0) is 13.2 Å². The molecule has 0 bridgehead atoms. The lowest BCUT2D eigenvalue weighted by molar-refractivity contribution is 0.242. The molecule has 1 aromatic carbocycles. The van der Waals surface area contributed by atoms with Gasteiger partial charge in [0.2, 0.25) is 0 Å². The summed E-state index contributed by atoms with van der Waals surface area (Å²) in [6.45, 7) is 5.93. The van der Waals surface area contributed by atoms with Crippen molar-refractivity contribution < 1.29 is 5.11 Å². The van der Waals surface area contributed by atoms with E-state index >= 15 is 0 Å². The van der Waals surface area contributed by atoms with Gasteiger partial charge in [0.05, 0.1) is 13.2 Å². The molecule has 0 aromatic heterocycles. The van der Waals surface area contributed by atoms with Crippen molar-refractivity contribution in [1.29, 1.82) is 0 Å². The van der Waals surface area contributed by atoms with E-state index in [-0.39, 0.29) is 30.6 Å². The average Bonchev–Trinajstić information content (AvgIpc) is 3.31. The van der Waals surface area contributed by atoms with Gasteiger partial charge in [-0.05, 0) is 37.3 Å². The fourth-order valence-corrected chi connectivity index (χ4v) is 4.05. The molecule has 1 unspecified atom stereocenters. The summed E-state index contributed by atoms with van der Waals surface area (Å²) < 4.78 is 0. The van der Waals surface area contributed by atoms with Crippen molar-refractivity contribution in [2.75, 3.05) is 19.6 Å². The van der Waals surface area contributed by atoms with Gasteiger partial charge in [0, 0.05) is 31.7 Å². The smallest absolute Gasteiger partial charge is 0.191 e. The van der Waals surface area contributed by atoms with E-state index in [0.717, 1.165) is 36.2 Å². The first-order valence-electron chi connectivity index (χ1n) is 9.76. The minimum absolute atomic E-state index is 0. The number of halogens is 1. The van der Waals surface area contributed by atoms with Crippen molar-refractivity contribution >= 4 is 29.9 Å². The van der Waals surface area contributed by atoms with Crippen LogP contribution in [0.3, 0.4) is 0 Å². The number of aliphatic hydroxyl groups excluding tert-OH is 1. The van der Waals surface area contributed by atoms with E-state index in [9.17, 15) is 5.11 Å². The Hall–Kier alpha value is -0.860. The lowest BCUT2D eigenvalue weighted by Crippen LogP contribution is -2.45. The van der Waals surface area contributed by atoms with Crippen molar-refractivity contribution in [3.05, 3.63) is 35.4 Å². The van der Waals surface area contributed by atoms with Gasteiger partial charge in [0.25, 0.3) is 0 Å². The van der Waals surface area contributed by atoms with Gasteiger partial charge in [-0.25, -0.2) is 4.99 Å². The monoisotopic (exact) mass is 472 g/mol. The topological polar surface area (TPSA) is 59.9 Å². The summed E-state index contributed by atoms with van der Waals surface area (Å²) in [5, 5.41) is 16.4. The summed E-state index contributed by atoms with van der Waals surface area (Å²) in [6, 6.07) is 9.24. The van der Waals surface area contributed by atoms with Crippen LogP contribution < -0.4 is 10.6 Å². The molecule has 1 atom stereocenters. The Bertz CT molecular complexity index is 575. The molecular formula is C20H33IN4O. The average molecular weight is 472 g/mol. The standard InChI is InChI=1S/C20H32N4O.HI/c1-2-21-20(22-13-16-7-3-4-8-17(16)15-25)23-18-11-12-24(14-18)19-9-5-6-10-19;/h3-4,7-8,18-19,25H,2,5-6,9-15H2,1H3,(H2,21,22,23);1H. The van der Waals surface area contributed by atoms with Crippen LogP contribution in [0.25, 0.3) is 0 Å². The zero-order valence-corrected chi connectivity index (χ0v) is 18.1. The molecule has 1 aliphatic carbocycles. The first-order chi connectivity index (χ1) is 12.3. The minimum Gasteiger partial charge on any atom is -0.392 e. The molecule has 0 amide bonds. The molecule has 1 heterocycles. The first kappa shape index (κ1) is 21.4. The van der Waals surface area contributed by atoms with Gasteiger partial charge >= 0.3 is 0 Å². The van der Waals surface area contributed by atoms with Crippen LogP contribution in [0, 0.1) is 0 Å². The minimum atomic E-state index is 0. The second kappa shape index (κ2) is 11.1. The number of nitrogens with zero attached hydrogens (tertiary/aromatic N) is 2. The Morgan fingerprint density at radius 2 is 1.92 bits per heavy atom. The normalized spacial score (nSPS) is 21.6. The highest BCUT2D eigenvalue weighted by molar-refractivity contribution is 14.0. The van der Waals surface area contributed by atoms with Crippen molar-refractivity contribution in [2.24, 2.45) is 4.99 Å². The van der Waals surface area contributed by atoms with Gasteiger partial charge in [-0.3, -0.25) is 4.90 Å². The maximum Gasteiger partial charge on any atom is 0.191 e. The number of hydrogen-bond acceptors (Lipinski definition) is 3. The number of aliphatic hydroxyl groups is 1. The second-order valence-corrected chi connectivity index (χ2v) is 7.19. The Kier molecular flexibility index (Phi) is 9.15. The van der Waals surface area contributed by atoms with Crippen LogP contribution in [0.1, 0.15) is 50.2 Å². The van der Waals surface area contributed by atoms with E-state index in [0.29, 0.717) is 12.6 Å². The van der Waals surface area contributed by atoms with Crippen molar-refractivity contribution in [2.45, 2.75) is 64.3 Å². The van der Waals surface area contributed by atoms with Gasteiger partial charge in [-0.1, -0.05) is 37.1 Å². The number of benzene rings is 1. The lowest BCUT2D eigenvalue weighted by Gasteiger charge is -2.24. The van der Waals surface area contributed by atoms with Gasteiger partial charge in [-0.15, -0.1) is 24.0 Å². The lowest BCUT2D eigenvalue weighted by atomic mass is 10.1. The van der Waals surface area contributed by atoms with Crippen molar-refractivity contribution in [1.82, 2.24) is 15.5 Å². The number of likely N-dealkylation sites (tertiary alicyclic amines) is 1. The predicted molar refractivity (Wildman–Crippen MR) is 118 cm³/mol. The molecule has 3 rings (SSSR count). The number of nitrogens with one attached hydrogen (secondary N) is 2. The fraction of sp³-hybridized carbons (Fsp3) is 0.650. The third-order valence-corrected chi connectivity index (χ3v) is 5.44. The molecule has 1 saturated heterocycles. The summed E-state index contributed by atoms with van der Waals surface area (Å²) >= 11 is 0. The largest absolute Gasteiger partial charge is 0.392 e. The highest BCUT2D eigenvalue weighted by Gasteiger charge is 2.30. The summed E-state index contributed by atoms with van der Waals surface area (Å²) in [4.78, 5) is 7.41. The van der Waals surface area contributed by atoms with Crippen LogP contribution in [0.2, 0.25) is 0 Å². The Balaban J connectivity index is 0.00000243. The van der Waals surface area contributed by atoms with E-state index < -0.39 is 0 Å². The molecular weight excluding hydrogens is 439 g/mol. The maximum absolute atomic E-state index is 9.46. The molecule has 3 N–H and O–H groups in total. The Morgan fingerprint density at radius 3 is 2.62 bits per heavy atom. The Labute approximate surface area is 174 Å². The fourth-order valence-electron chi connectivity index (χ4n) is 4.05. The van der Waals surface area contributed by atoms with Crippen LogP contribution in [0.5, 0.6) is 0 Å². The quantitative estimate of drug-likeness (QED) is 0.339. The number of rotatable bonds is 6. The highest BCUT2D eigenvalue weighted by atomic mass is 127. The van der Waals surface area contributed by atoms with Gasteiger partial charge in [-0.2, -0.15) is 0 Å². The summed E-state index contributed by atoms with van der Waals surface area (Å²) in [5.41, 5.74) is 2.04. The van der Waals surface area contributed by atoms with E-state index in [2.05, 4.69) is 22.5 Å². The number of aliphatic imine (C=N–C) groups is 1. The molecule has 5 nitrogen and oxygen atoms in total. The third-order valence-electron chi connectivity index (χ3n) is 5.44. The number of guanidine groups is 1. The summed E-state index contributed by atoms with van der Waals surface area (Å²) in [5.74, 6) is 0.883. The van der Waals surface area contributed by atoms with E-state index in [1.165, 1.54) is 38.6 Å². The molecule has 1 saturated carbocycles. The van der Waals surface area contributed by atoms with Gasteiger partial charge < -0.3 is 15.7 Å². The molecule has 1 aliphatic heterocycles. The molecule has 0 spiro atoms. The summed E-state index contributed by atoms with van der Waals surface area (Å²) in [6.07, 6.45) is 6.73. The van der Waals surface area contributed by atoms with Crippen LogP contribution in [0.15, 0.2) is 29.3 Å². The molecule has 6 heteroatoms. The molecule has 0 radical (unpaired) electrons. The van der Waals surface area contributed by atoms with Crippen LogP contribution in [-0.4, -0.2) is 47.7 Å². The van der Waals surface area contributed by atoms with Gasteiger partial charge in [0.15, 0.2) is 5.96 Å². The summed E-state index contributed by atoms with van der Waals surface area (Å²) in [7, 11) is 0. The van der Waals surface area contributed by atoms with Crippen molar-refractivity contribution in [3.8, 4) is 0 Å². The number of hydrogen-bond donors (Lipinski definition) is 3. The SMILES string of the molecule is CCNC(=NCc1ccccc1CO)NC1CCN(C2CCCC2)C1.I. The van der Waals surface area contributed by atoms with Crippen LogP contribution >= 0.6 is 24.0 Å². The molecule has 26 heavy (non-hydrogen) atoms. The third kappa shape index (κ3) is 5.82. The maximum atomic E-state index is 9.46. The first-order valence-corrected chi connectivity index (χ1v) is 9.76. The molecule has 1 aromatic rings. The van der Waals surface area contributed by atoms with Crippen molar-refractivity contribution in [3.63, 3.8) is 0 Å². The zero-order valence-electron chi connectivity index (χ0n) is 15.8. The zero-order chi connectivity index (χ0) is 17.5. The second-order valence-electron chi connectivity index (χ2n) is 7.19. The van der Waals surface area contributed by atoms with Crippen LogP contribution in [0.4, 0.5) is 0 Å². The molecule has 146 valence electrons. The molecule has 2 aliphatic rings. The van der Waals surface area contributed by atoms with E-state index in [1.807, 2.05) is 24.3 Å². The van der Waals surface area contributed by atoms with E-state index in [4.69, 9.17) is 4.99 Å². The van der Waals surface area contributed by atoms with Gasteiger partial charge in [0.1, 0.15) is 0 Å². The van der Waals surface area contributed by atoms with E-state index in [1.54, 1.807) is 0 Å². The molecule has 2 fully saturated rings.